The molecule has 1 fully saturated rings. The summed E-state index contributed by atoms with van der Waals surface area (Å²) < 4.78 is 4.89. The zero-order chi connectivity index (χ0) is 8.39. The number of hydrogen-bond acceptors (Lipinski definition) is 5. The second kappa shape index (κ2) is 4.43. The largest absolute Gasteiger partial charge is 0.338 e. The number of rotatable bonds is 1. The molecule has 2 rings (SSSR count). The van der Waals surface area contributed by atoms with Gasteiger partial charge in [0.1, 0.15) is 0 Å². The Labute approximate surface area is 82.9 Å². The molecule has 0 spiro atoms. The van der Waals surface area contributed by atoms with Crippen molar-refractivity contribution in [3.8, 4) is 0 Å². The number of nitrogens with zero attached hydrogens (tertiary/aromatic N) is 3. The first-order valence-corrected chi connectivity index (χ1v) is 4.12. The third kappa shape index (κ3) is 2.32. The van der Waals surface area contributed by atoms with Crippen LogP contribution in [0.5, 0.6) is 0 Å². The van der Waals surface area contributed by atoms with Gasteiger partial charge in [-0.25, -0.2) is 0 Å². The van der Waals surface area contributed by atoms with Gasteiger partial charge in [0.25, 0.3) is 5.95 Å². The van der Waals surface area contributed by atoms with Gasteiger partial charge in [-0.2, -0.15) is 4.98 Å². The molecule has 74 valence electrons. The van der Waals surface area contributed by atoms with Crippen LogP contribution in [0.2, 0.25) is 0 Å². The van der Waals surface area contributed by atoms with Crippen LogP contribution in [-0.4, -0.2) is 36.3 Å². The second-order valence-electron chi connectivity index (χ2n) is 2.85. The van der Waals surface area contributed by atoms with Gasteiger partial charge in [0, 0.05) is 33.1 Å². The van der Waals surface area contributed by atoms with E-state index in [-0.39, 0.29) is 12.4 Å². The number of aromatic nitrogens is 2. The zero-order valence-corrected chi connectivity index (χ0v) is 8.30. The zero-order valence-electron chi connectivity index (χ0n) is 7.49. The first kappa shape index (κ1) is 10.3. The van der Waals surface area contributed by atoms with E-state index in [0.717, 1.165) is 26.2 Å². The first-order valence-electron chi connectivity index (χ1n) is 4.12. The summed E-state index contributed by atoms with van der Waals surface area (Å²) in [5.41, 5.74) is 0. The van der Waals surface area contributed by atoms with Crippen molar-refractivity contribution in [1.29, 1.82) is 0 Å². The maximum atomic E-state index is 4.89. The molecule has 1 N–H and O–H groups in total. The summed E-state index contributed by atoms with van der Waals surface area (Å²) in [7, 11) is 0. The Bertz CT molecular complexity index is 259. The predicted molar refractivity (Wildman–Crippen MR) is 51.4 cm³/mol. The van der Waals surface area contributed by atoms with Gasteiger partial charge in [-0.05, 0) is 5.16 Å². The van der Waals surface area contributed by atoms with Crippen molar-refractivity contribution in [3.05, 3.63) is 5.89 Å². The van der Waals surface area contributed by atoms with Crippen molar-refractivity contribution >= 4 is 18.4 Å². The SMILES string of the molecule is Cc1nc(N2CCNCC2)no1.Cl. The molecule has 0 aliphatic carbocycles. The molecule has 1 saturated heterocycles. The van der Waals surface area contributed by atoms with Crippen LogP contribution >= 0.6 is 12.4 Å². The summed E-state index contributed by atoms with van der Waals surface area (Å²) in [6, 6.07) is 0. The van der Waals surface area contributed by atoms with Crippen molar-refractivity contribution in [3.63, 3.8) is 0 Å². The average molecular weight is 205 g/mol. The van der Waals surface area contributed by atoms with E-state index in [2.05, 4.69) is 20.4 Å². The minimum absolute atomic E-state index is 0. The minimum Gasteiger partial charge on any atom is -0.338 e. The van der Waals surface area contributed by atoms with E-state index in [0.29, 0.717) is 11.8 Å². The van der Waals surface area contributed by atoms with Gasteiger partial charge >= 0.3 is 0 Å². The van der Waals surface area contributed by atoms with Crippen molar-refractivity contribution in [2.45, 2.75) is 6.92 Å². The van der Waals surface area contributed by atoms with Crippen molar-refractivity contribution < 1.29 is 4.52 Å². The van der Waals surface area contributed by atoms with Crippen LogP contribution in [0.3, 0.4) is 0 Å². The highest BCUT2D eigenvalue weighted by molar-refractivity contribution is 5.85. The lowest BCUT2D eigenvalue weighted by Crippen LogP contribution is -2.44. The molecule has 1 aliphatic heterocycles. The van der Waals surface area contributed by atoms with Gasteiger partial charge in [-0.1, -0.05) is 0 Å². The van der Waals surface area contributed by atoms with Gasteiger partial charge < -0.3 is 14.7 Å². The second-order valence-corrected chi connectivity index (χ2v) is 2.85. The molecular weight excluding hydrogens is 192 g/mol. The number of aryl methyl sites for hydroxylation is 1. The molecule has 1 aromatic heterocycles. The van der Waals surface area contributed by atoms with Gasteiger partial charge in [0.05, 0.1) is 0 Å². The molecule has 0 aromatic carbocycles. The van der Waals surface area contributed by atoms with E-state index in [9.17, 15) is 0 Å². The molecule has 6 heteroatoms. The fourth-order valence-corrected chi connectivity index (χ4v) is 1.28. The van der Waals surface area contributed by atoms with Crippen LogP contribution < -0.4 is 10.2 Å². The van der Waals surface area contributed by atoms with Gasteiger partial charge in [-0.3, -0.25) is 0 Å². The molecule has 0 unspecified atom stereocenters. The number of nitrogens with one attached hydrogen (secondary N) is 1. The van der Waals surface area contributed by atoms with E-state index in [1.54, 1.807) is 6.92 Å². The quantitative estimate of drug-likeness (QED) is 0.709. The summed E-state index contributed by atoms with van der Waals surface area (Å²) in [6.45, 7) is 5.71. The number of halogens is 1. The molecule has 0 radical (unpaired) electrons. The third-order valence-electron chi connectivity index (χ3n) is 1.92. The Balaban J connectivity index is 0.000000845. The minimum atomic E-state index is 0. The van der Waals surface area contributed by atoms with Crippen molar-refractivity contribution in [2.75, 3.05) is 31.1 Å². The lowest BCUT2D eigenvalue weighted by Gasteiger charge is -2.25. The van der Waals surface area contributed by atoms with E-state index >= 15 is 0 Å². The van der Waals surface area contributed by atoms with Gasteiger partial charge in [0.2, 0.25) is 5.89 Å². The Morgan fingerprint density at radius 1 is 1.38 bits per heavy atom. The monoisotopic (exact) mass is 204 g/mol. The highest BCUT2D eigenvalue weighted by Crippen LogP contribution is 2.08. The molecule has 1 aliphatic rings. The summed E-state index contributed by atoms with van der Waals surface area (Å²) in [6.07, 6.45) is 0. The standard InChI is InChI=1S/C7H12N4O.ClH/c1-6-9-7(10-12-6)11-4-2-8-3-5-11;/h8H,2-5H2,1H3;1H. The summed E-state index contributed by atoms with van der Waals surface area (Å²) in [5.74, 6) is 1.34. The normalized spacial score (nSPS) is 16.8. The lowest BCUT2D eigenvalue weighted by atomic mass is 10.4. The van der Waals surface area contributed by atoms with Crippen molar-refractivity contribution in [1.82, 2.24) is 15.5 Å². The third-order valence-corrected chi connectivity index (χ3v) is 1.92. The molecule has 0 atom stereocenters. The molecule has 1 aromatic rings. The highest BCUT2D eigenvalue weighted by atomic mass is 35.5. The van der Waals surface area contributed by atoms with Crippen LogP contribution in [-0.2, 0) is 0 Å². The number of hydrogen-bond donors (Lipinski definition) is 1. The van der Waals surface area contributed by atoms with Gasteiger partial charge in [-0.15, -0.1) is 12.4 Å². The maximum Gasteiger partial charge on any atom is 0.266 e. The van der Waals surface area contributed by atoms with Crippen molar-refractivity contribution in [2.24, 2.45) is 0 Å². The topological polar surface area (TPSA) is 54.2 Å². The van der Waals surface area contributed by atoms with Crippen LogP contribution in [0.25, 0.3) is 0 Å². The Kier molecular flexibility index (Phi) is 3.50. The Morgan fingerprint density at radius 3 is 2.62 bits per heavy atom. The predicted octanol–water partition coefficient (Wildman–Crippen LogP) is 0.209. The Morgan fingerprint density at radius 2 is 2.08 bits per heavy atom. The molecular formula is C7H13ClN4O. The molecule has 2 heterocycles. The Hall–Kier alpha value is -0.810. The molecule has 13 heavy (non-hydrogen) atoms. The average Bonchev–Trinajstić information content (AvgIpc) is 2.54. The fourth-order valence-electron chi connectivity index (χ4n) is 1.28. The highest BCUT2D eigenvalue weighted by Gasteiger charge is 2.14. The van der Waals surface area contributed by atoms with Crippen LogP contribution in [0.1, 0.15) is 5.89 Å². The van der Waals surface area contributed by atoms with E-state index in [1.165, 1.54) is 0 Å². The van der Waals surface area contributed by atoms with E-state index < -0.39 is 0 Å². The van der Waals surface area contributed by atoms with Crippen LogP contribution in [0.15, 0.2) is 4.52 Å². The van der Waals surface area contributed by atoms with Crippen LogP contribution in [0, 0.1) is 6.92 Å². The summed E-state index contributed by atoms with van der Waals surface area (Å²) >= 11 is 0. The molecule has 5 nitrogen and oxygen atoms in total. The summed E-state index contributed by atoms with van der Waals surface area (Å²) in [5, 5.41) is 7.11. The lowest BCUT2D eigenvalue weighted by molar-refractivity contribution is 0.391. The first-order chi connectivity index (χ1) is 5.86. The maximum absolute atomic E-state index is 4.89. The molecule has 0 saturated carbocycles. The van der Waals surface area contributed by atoms with E-state index in [1.807, 2.05) is 0 Å². The number of piperazine rings is 1. The van der Waals surface area contributed by atoms with Gasteiger partial charge in [0.15, 0.2) is 0 Å². The summed E-state index contributed by atoms with van der Waals surface area (Å²) in [4.78, 5) is 6.27. The fraction of sp³-hybridized carbons (Fsp3) is 0.714. The number of anilines is 1. The smallest absolute Gasteiger partial charge is 0.266 e. The van der Waals surface area contributed by atoms with Crippen LogP contribution in [0.4, 0.5) is 5.95 Å². The molecule has 0 amide bonds. The van der Waals surface area contributed by atoms with E-state index in [4.69, 9.17) is 4.52 Å². The molecule has 0 bridgehead atoms.